The minimum absolute atomic E-state index is 0.0169. The predicted molar refractivity (Wildman–Crippen MR) is 151 cm³/mol. The van der Waals surface area contributed by atoms with Crippen LogP contribution in [0.2, 0.25) is 0 Å². The molecule has 1 saturated carbocycles. The molecule has 0 radical (unpaired) electrons. The summed E-state index contributed by atoms with van der Waals surface area (Å²) in [6, 6.07) is 14.7. The second-order valence-corrected chi connectivity index (χ2v) is 12.5. The lowest BCUT2D eigenvalue weighted by Crippen LogP contribution is -2.49. The zero-order valence-electron chi connectivity index (χ0n) is 22.2. The Morgan fingerprint density at radius 1 is 1.08 bits per heavy atom. The number of likely N-dealkylation sites (tertiary alicyclic amines) is 1. The number of hydrogen-bond acceptors (Lipinski definition) is 5. The highest BCUT2D eigenvalue weighted by atomic mass is 32.2. The van der Waals surface area contributed by atoms with Gasteiger partial charge >= 0.3 is 0 Å². The predicted octanol–water partition coefficient (Wildman–Crippen LogP) is 5.40. The number of halogens is 1. The van der Waals surface area contributed by atoms with Gasteiger partial charge in [-0.1, -0.05) is 42.1 Å². The summed E-state index contributed by atoms with van der Waals surface area (Å²) in [6.45, 7) is 5.92. The van der Waals surface area contributed by atoms with E-state index >= 15 is 0 Å². The third-order valence-corrected chi connectivity index (χ3v) is 10.2. The van der Waals surface area contributed by atoms with Gasteiger partial charge in [0, 0.05) is 17.2 Å². The second-order valence-electron chi connectivity index (χ2n) is 11.1. The van der Waals surface area contributed by atoms with Gasteiger partial charge in [0.15, 0.2) is 5.17 Å². The van der Waals surface area contributed by atoms with Gasteiger partial charge in [0.1, 0.15) is 10.6 Å². The van der Waals surface area contributed by atoms with Crippen molar-refractivity contribution in [3.8, 4) is 0 Å². The number of rotatable bonds is 6. The third-order valence-electron chi connectivity index (χ3n) is 8.83. The summed E-state index contributed by atoms with van der Waals surface area (Å²) in [5.41, 5.74) is 7.77. The summed E-state index contributed by atoms with van der Waals surface area (Å²) in [6.07, 6.45) is 6.62. The Bertz CT molecular complexity index is 1200. The molecule has 0 aromatic heterocycles. The van der Waals surface area contributed by atoms with Crippen LogP contribution in [0.4, 0.5) is 4.39 Å². The number of carbonyl (C=O) groups is 2. The lowest BCUT2D eigenvalue weighted by atomic mass is 9.79. The summed E-state index contributed by atoms with van der Waals surface area (Å²) in [5.74, 6) is 0.173. The topological polar surface area (TPSA) is 87.8 Å². The van der Waals surface area contributed by atoms with Crippen molar-refractivity contribution in [3.63, 3.8) is 0 Å². The van der Waals surface area contributed by atoms with E-state index in [4.69, 9.17) is 5.73 Å². The molecule has 2 atom stereocenters. The molecule has 2 unspecified atom stereocenters. The van der Waals surface area contributed by atoms with Crippen LogP contribution < -0.4 is 11.1 Å². The number of primary amides is 1. The molecule has 1 aliphatic carbocycles. The van der Waals surface area contributed by atoms with E-state index in [9.17, 15) is 14.0 Å². The molecule has 2 heterocycles. The van der Waals surface area contributed by atoms with E-state index in [0.717, 1.165) is 38.8 Å². The zero-order valence-corrected chi connectivity index (χ0v) is 23.0. The maximum Gasteiger partial charge on any atom is 0.248 e. The number of piperidine rings is 1. The van der Waals surface area contributed by atoms with Gasteiger partial charge < -0.3 is 16.0 Å². The average Bonchev–Trinajstić information content (AvgIpc) is 3.22. The number of carbonyl (C=O) groups excluding carboxylic acids is 2. The third kappa shape index (κ3) is 5.52. The summed E-state index contributed by atoms with van der Waals surface area (Å²) < 4.78 is 13.6. The Balaban J connectivity index is 1.14. The quantitative estimate of drug-likeness (QED) is 0.517. The molecule has 0 spiro atoms. The van der Waals surface area contributed by atoms with Crippen LogP contribution in [-0.4, -0.2) is 45.8 Å². The Kier molecular flexibility index (Phi) is 7.91. The lowest BCUT2D eigenvalue weighted by Gasteiger charge is -2.43. The van der Waals surface area contributed by atoms with Gasteiger partial charge in [-0.15, -0.1) is 0 Å². The minimum Gasteiger partial charge on any atom is -0.366 e. The molecular formula is C30H37FN4O2S. The molecule has 2 aromatic carbocycles. The van der Waals surface area contributed by atoms with E-state index in [1.54, 1.807) is 12.1 Å². The normalized spacial score (nSPS) is 28.8. The summed E-state index contributed by atoms with van der Waals surface area (Å²) in [4.78, 5) is 31.7. The van der Waals surface area contributed by atoms with Crippen molar-refractivity contribution in [2.24, 2.45) is 16.6 Å². The molecule has 2 aromatic rings. The van der Waals surface area contributed by atoms with Crippen LogP contribution in [0, 0.1) is 11.7 Å². The highest BCUT2D eigenvalue weighted by Crippen LogP contribution is 2.44. The van der Waals surface area contributed by atoms with Crippen molar-refractivity contribution in [2.75, 3.05) is 13.1 Å². The van der Waals surface area contributed by atoms with Gasteiger partial charge in [-0.3, -0.25) is 14.6 Å². The van der Waals surface area contributed by atoms with Crippen LogP contribution in [0.1, 0.15) is 85.8 Å². The molecule has 0 bridgehead atoms. The fourth-order valence-electron chi connectivity index (χ4n) is 6.39. The Hall–Kier alpha value is -2.71. The summed E-state index contributed by atoms with van der Waals surface area (Å²) >= 11 is 1.51. The van der Waals surface area contributed by atoms with E-state index in [0.29, 0.717) is 28.3 Å². The smallest absolute Gasteiger partial charge is 0.248 e. The van der Waals surface area contributed by atoms with Crippen molar-refractivity contribution in [1.82, 2.24) is 10.2 Å². The Morgan fingerprint density at radius 2 is 1.74 bits per heavy atom. The first-order chi connectivity index (χ1) is 18.2. The fourth-order valence-corrected chi connectivity index (χ4v) is 7.69. The number of nitrogens with zero attached hydrogens (tertiary/aromatic N) is 2. The highest BCUT2D eigenvalue weighted by Gasteiger charge is 2.49. The minimum atomic E-state index is -0.547. The number of amides is 2. The van der Waals surface area contributed by atoms with E-state index < -0.39 is 4.75 Å². The zero-order chi connectivity index (χ0) is 26.9. The van der Waals surface area contributed by atoms with Crippen LogP contribution in [0.5, 0.6) is 0 Å². The first-order valence-electron chi connectivity index (χ1n) is 13.7. The summed E-state index contributed by atoms with van der Waals surface area (Å²) in [7, 11) is 0. The SMILES string of the molecule is CC(N=C1NC(=O)C(C)(C2CCN(C3CCC(c4ccc(C(N)=O)cc4)CC3)CC2)S1)c1ccccc1F. The van der Waals surface area contributed by atoms with Gasteiger partial charge in [0.2, 0.25) is 11.8 Å². The highest BCUT2D eigenvalue weighted by molar-refractivity contribution is 8.16. The molecule has 6 nitrogen and oxygen atoms in total. The van der Waals surface area contributed by atoms with E-state index in [2.05, 4.69) is 27.3 Å². The van der Waals surface area contributed by atoms with Crippen molar-refractivity contribution in [2.45, 2.75) is 75.1 Å². The van der Waals surface area contributed by atoms with Gasteiger partial charge in [-0.2, -0.15) is 0 Å². The number of aliphatic imine (C=N–C) groups is 1. The molecule has 5 rings (SSSR count). The van der Waals surface area contributed by atoms with Gasteiger partial charge in [-0.05, 0) is 101 Å². The van der Waals surface area contributed by atoms with Gasteiger partial charge in [0.25, 0.3) is 0 Å². The first-order valence-corrected chi connectivity index (χ1v) is 14.5. The fraction of sp³-hybridized carbons (Fsp3) is 0.500. The molecule has 3 fully saturated rings. The molecule has 2 saturated heterocycles. The second kappa shape index (κ2) is 11.2. The molecule has 3 aliphatic rings. The summed E-state index contributed by atoms with van der Waals surface area (Å²) in [5, 5.41) is 3.57. The first kappa shape index (κ1) is 26.9. The largest absolute Gasteiger partial charge is 0.366 e. The number of amidine groups is 1. The van der Waals surface area contributed by atoms with Crippen LogP contribution in [0.3, 0.4) is 0 Å². The molecule has 2 aliphatic heterocycles. The molecule has 38 heavy (non-hydrogen) atoms. The number of benzene rings is 2. The number of hydrogen-bond donors (Lipinski definition) is 2. The van der Waals surface area contributed by atoms with Gasteiger partial charge in [0.05, 0.1) is 6.04 Å². The Morgan fingerprint density at radius 3 is 2.37 bits per heavy atom. The molecule has 8 heteroatoms. The van der Waals surface area contributed by atoms with E-state index in [-0.39, 0.29) is 29.6 Å². The number of nitrogens with two attached hydrogens (primary N) is 1. The van der Waals surface area contributed by atoms with Crippen molar-refractivity contribution < 1.29 is 14.0 Å². The molecular weight excluding hydrogens is 499 g/mol. The van der Waals surface area contributed by atoms with Gasteiger partial charge in [-0.25, -0.2) is 4.39 Å². The molecule has 2 amide bonds. The van der Waals surface area contributed by atoms with E-state index in [1.165, 1.54) is 36.2 Å². The van der Waals surface area contributed by atoms with Crippen molar-refractivity contribution >= 4 is 28.7 Å². The van der Waals surface area contributed by atoms with E-state index in [1.807, 2.05) is 32.0 Å². The molecule has 3 N–H and O–H groups in total. The lowest BCUT2D eigenvalue weighted by molar-refractivity contribution is -0.123. The number of thioether (sulfide) groups is 1. The van der Waals surface area contributed by atoms with Crippen LogP contribution in [-0.2, 0) is 4.79 Å². The van der Waals surface area contributed by atoms with Crippen LogP contribution in [0.25, 0.3) is 0 Å². The van der Waals surface area contributed by atoms with Crippen molar-refractivity contribution in [1.29, 1.82) is 0 Å². The van der Waals surface area contributed by atoms with Crippen LogP contribution in [0.15, 0.2) is 53.5 Å². The average molecular weight is 537 g/mol. The Labute approximate surface area is 228 Å². The molecule has 202 valence electrons. The maximum absolute atomic E-state index is 14.2. The van der Waals surface area contributed by atoms with Crippen LogP contribution >= 0.6 is 11.8 Å². The van der Waals surface area contributed by atoms with Crippen molar-refractivity contribution in [3.05, 3.63) is 71.0 Å². The maximum atomic E-state index is 14.2. The number of nitrogens with one attached hydrogen (secondary N) is 1. The monoisotopic (exact) mass is 536 g/mol. The standard InChI is InChI=1S/C30H37FN4O2S/c1-19(25-5-3-4-6-26(25)31)33-29-34-28(37)30(2,38-29)23-15-17-35(18-16-23)24-13-11-21(12-14-24)20-7-9-22(10-8-20)27(32)36/h3-10,19,21,23-24H,11-18H2,1-2H3,(H2,32,36)(H,33,34,37).